The third-order valence-corrected chi connectivity index (χ3v) is 6.00. The van der Waals surface area contributed by atoms with E-state index in [1.165, 1.54) is 11.3 Å². The van der Waals surface area contributed by atoms with Crippen molar-refractivity contribution in [1.82, 2.24) is 10.3 Å². The fourth-order valence-electron chi connectivity index (χ4n) is 3.71. The molecule has 2 unspecified atom stereocenters. The number of carbonyl (C=O) groups excluding carboxylic acids is 2. The number of benzene rings is 1. The second-order valence-electron chi connectivity index (χ2n) is 8.01. The van der Waals surface area contributed by atoms with Crippen LogP contribution in [0, 0.1) is 0 Å². The zero-order valence-electron chi connectivity index (χ0n) is 18.6. The van der Waals surface area contributed by atoms with Crippen LogP contribution in [0.3, 0.4) is 0 Å². The monoisotopic (exact) mass is 465 g/mol. The second-order valence-corrected chi connectivity index (χ2v) is 8.95. The van der Waals surface area contributed by atoms with Crippen molar-refractivity contribution in [1.29, 1.82) is 0 Å². The highest BCUT2D eigenvalue weighted by Gasteiger charge is 2.23. The van der Waals surface area contributed by atoms with Crippen molar-refractivity contribution in [3.8, 4) is 0 Å². The van der Waals surface area contributed by atoms with Gasteiger partial charge in [0.05, 0.1) is 17.1 Å². The number of hydrogen-bond acceptors (Lipinski definition) is 6. The van der Waals surface area contributed by atoms with Gasteiger partial charge in [-0.25, -0.2) is 9.78 Å². The van der Waals surface area contributed by atoms with Crippen LogP contribution < -0.4 is 20.9 Å². The molecule has 0 spiro atoms. The molecule has 1 aliphatic heterocycles. The first-order valence-corrected chi connectivity index (χ1v) is 11.7. The van der Waals surface area contributed by atoms with Crippen LogP contribution in [0.4, 0.5) is 22.0 Å². The summed E-state index contributed by atoms with van der Waals surface area (Å²) in [5, 5.41) is 10.3. The van der Waals surface area contributed by atoms with E-state index >= 15 is 0 Å². The van der Waals surface area contributed by atoms with Gasteiger partial charge in [0.1, 0.15) is 5.82 Å². The molecule has 172 valence electrons. The second kappa shape index (κ2) is 10.5. The van der Waals surface area contributed by atoms with Crippen molar-refractivity contribution in [2.45, 2.75) is 32.6 Å². The Hall–Kier alpha value is -3.43. The molecule has 0 bridgehead atoms. The van der Waals surface area contributed by atoms with Crippen molar-refractivity contribution in [3.05, 3.63) is 70.5 Å². The topological polar surface area (TPSA) is 95.6 Å². The van der Waals surface area contributed by atoms with Gasteiger partial charge in [0.25, 0.3) is 5.91 Å². The minimum absolute atomic E-state index is 0.170. The summed E-state index contributed by atoms with van der Waals surface area (Å²) >= 11 is 1.37. The summed E-state index contributed by atoms with van der Waals surface area (Å²) in [7, 11) is 0. The van der Waals surface area contributed by atoms with E-state index < -0.39 is 0 Å². The number of nitrogens with one attached hydrogen (secondary N) is 3. The summed E-state index contributed by atoms with van der Waals surface area (Å²) in [6.45, 7) is 6.10. The highest BCUT2D eigenvalue weighted by Crippen LogP contribution is 2.19. The molecule has 2 atom stereocenters. The number of pyridine rings is 1. The van der Waals surface area contributed by atoms with Gasteiger partial charge >= 0.3 is 6.03 Å². The lowest BCUT2D eigenvalue weighted by Crippen LogP contribution is -2.45. The summed E-state index contributed by atoms with van der Waals surface area (Å²) in [4.78, 5) is 31.9. The molecule has 1 saturated heterocycles. The zero-order valence-corrected chi connectivity index (χ0v) is 19.4. The molecule has 3 heterocycles. The highest BCUT2D eigenvalue weighted by atomic mass is 32.1. The van der Waals surface area contributed by atoms with Crippen molar-refractivity contribution >= 4 is 40.5 Å². The van der Waals surface area contributed by atoms with Crippen molar-refractivity contribution in [3.63, 3.8) is 0 Å². The lowest BCUT2D eigenvalue weighted by Gasteiger charge is -2.36. The Morgan fingerprint density at radius 1 is 1.06 bits per heavy atom. The standard InChI is InChI=1S/C24H27N5O3S/c1-16-14-29(15-17(2)32-16)22-9-8-18(12-25-22)13-26-24(31)28-20-6-3-5-19(11-20)27-23(30)21-7-4-10-33-21/h3-12,16-17H,13-15H2,1-2H3,(H,27,30)(H2,26,28,31). The van der Waals surface area contributed by atoms with Gasteiger partial charge < -0.3 is 25.6 Å². The minimum atomic E-state index is -0.336. The summed E-state index contributed by atoms with van der Waals surface area (Å²) < 4.78 is 5.77. The van der Waals surface area contributed by atoms with Gasteiger partial charge in [-0.3, -0.25) is 4.79 Å². The van der Waals surface area contributed by atoms with E-state index in [-0.39, 0.29) is 24.1 Å². The smallest absolute Gasteiger partial charge is 0.319 e. The lowest BCUT2D eigenvalue weighted by atomic mass is 10.2. The SMILES string of the molecule is CC1CN(c2ccc(CNC(=O)Nc3cccc(NC(=O)c4cccs4)c3)cn2)CC(C)O1. The Bertz CT molecular complexity index is 1080. The summed E-state index contributed by atoms with van der Waals surface area (Å²) in [6.07, 6.45) is 2.12. The fourth-order valence-corrected chi connectivity index (χ4v) is 4.33. The van der Waals surface area contributed by atoms with E-state index in [4.69, 9.17) is 4.74 Å². The number of rotatable bonds is 6. The quantitative estimate of drug-likeness (QED) is 0.504. The number of amides is 3. The summed E-state index contributed by atoms with van der Waals surface area (Å²) in [5.41, 5.74) is 2.10. The molecule has 2 aromatic heterocycles. The molecule has 9 heteroatoms. The summed E-state index contributed by atoms with van der Waals surface area (Å²) in [5.74, 6) is 0.732. The number of nitrogens with zero attached hydrogens (tertiary/aromatic N) is 2. The van der Waals surface area contributed by atoms with Crippen LogP contribution in [0.25, 0.3) is 0 Å². The van der Waals surface area contributed by atoms with E-state index in [0.717, 1.165) is 24.5 Å². The molecule has 1 aliphatic rings. The largest absolute Gasteiger partial charge is 0.372 e. The number of hydrogen-bond donors (Lipinski definition) is 3. The fraction of sp³-hybridized carbons (Fsp3) is 0.292. The maximum absolute atomic E-state index is 12.3. The van der Waals surface area contributed by atoms with Crippen LogP contribution in [0.15, 0.2) is 60.1 Å². The number of carbonyl (C=O) groups is 2. The average molecular weight is 466 g/mol. The number of morpholine rings is 1. The predicted octanol–water partition coefficient (Wildman–Crippen LogP) is 4.33. The average Bonchev–Trinajstić information content (AvgIpc) is 3.33. The first-order chi connectivity index (χ1) is 16.0. The lowest BCUT2D eigenvalue weighted by molar-refractivity contribution is -0.00546. The Morgan fingerprint density at radius 3 is 2.48 bits per heavy atom. The third kappa shape index (κ3) is 6.30. The molecule has 33 heavy (non-hydrogen) atoms. The number of urea groups is 1. The van der Waals surface area contributed by atoms with Gasteiger partial charge in [-0.15, -0.1) is 11.3 Å². The van der Waals surface area contributed by atoms with E-state index in [2.05, 4.69) is 39.7 Å². The maximum Gasteiger partial charge on any atom is 0.319 e. The molecule has 3 N–H and O–H groups in total. The Kier molecular flexibility index (Phi) is 7.21. The van der Waals surface area contributed by atoms with Crippen LogP contribution in [0.5, 0.6) is 0 Å². The van der Waals surface area contributed by atoms with Gasteiger partial charge in [0.2, 0.25) is 0 Å². The maximum atomic E-state index is 12.3. The molecule has 3 aromatic rings. The molecule has 4 rings (SSSR count). The Balaban J connectivity index is 1.27. The molecular formula is C24H27N5O3S. The predicted molar refractivity (Wildman–Crippen MR) is 131 cm³/mol. The Labute approximate surface area is 197 Å². The number of anilines is 3. The third-order valence-electron chi connectivity index (χ3n) is 5.13. The molecule has 3 amide bonds. The number of ether oxygens (including phenoxy) is 1. The van der Waals surface area contributed by atoms with E-state index in [1.54, 1.807) is 36.5 Å². The molecule has 1 aromatic carbocycles. The van der Waals surface area contributed by atoms with Crippen molar-refractivity contribution < 1.29 is 14.3 Å². The first-order valence-electron chi connectivity index (χ1n) is 10.8. The van der Waals surface area contributed by atoms with Crippen molar-refractivity contribution in [2.24, 2.45) is 0 Å². The van der Waals surface area contributed by atoms with Gasteiger partial charge in [0, 0.05) is 37.2 Å². The van der Waals surface area contributed by atoms with E-state index in [0.29, 0.717) is 22.8 Å². The summed E-state index contributed by atoms with van der Waals surface area (Å²) in [6, 6.07) is 14.2. The molecular weight excluding hydrogens is 438 g/mol. The number of aromatic nitrogens is 1. The van der Waals surface area contributed by atoms with Gasteiger partial charge in [-0.05, 0) is 55.1 Å². The van der Waals surface area contributed by atoms with Crippen LogP contribution >= 0.6 is 11.3 Å². The van der Waals surface area contributed by atoms with Crippen molar-refractivity contribution in [2.75, 3.05) is 28.6 Å². The first kappa shape index (κ1) is 22.8. The van der Waals surface area contributed by atoms with Gasteiger partial charge in [-0.1, -0.05) is 18.2 Å². The van der Waals surface area contributed by atoms with Crippen LogP contribution in [-0.4, -0.2) is 42.2 Å². The molecule has 1 fully saturated rings. The van der Waals surface area contributed by atoms with Crippen LogP contribution in [0.2, 0.25) is 0 Å². The zero-order chi connectivity index (χ0) is 23.2. The molecule has 0 aliphatic carbocycles. The molecule has 8 nitrogen and oxygen atoms in total. The highest BCUT2D eigenvalue weighted by molar-refractivity contribution is 7.12. The minimum Gasteiger partial charge on any atom is -0.372 e. The van der Waals surface area contributed by atoms with Crippen LogP contribution in [0.1, 0.15) is 29.1 Å². The molecule has 0 saturated carbocycles. The Morgan fingerprint density at radius 2 is 1.82 bits per heavy atom. The van der Waals surface area contributed by atoms with Crippen LogP contribution in [-0.2, 0) is 11.3 Å². The normalized spacial score (nSPS) is 17.9. The number of thiophene rings is 1. The van der Waals surface area contributed by atoms with E-state index in [9.17, 15) is 9.59 Å². The van der Waals surface area contributed by atoms with Gasteiger partial charge in [-0.2, -0.15) is 0 Å². The van der Waals surface area contributed by atoms with Gasteiger partial charge in [0.15, 0.2) is 0 Å². The van der Waals surface area contributed by atoms with E-state index in [1.807, 2.05) is 23.6 Å². The molecule has 0 radical (unpaired) electrons.